The predicted octanol–water partition coefficient (Wildman–Crippen LogP) is 3.24. The molecule has 84 valence electrons. The molecule has 1 aromatic rings. The average molecular weight is 240 g/mol. The van der Waals surface area contributed by atoms with Crippen molar-refractivity contribution in [1.29, 1.82) is 0 Å². The second-order valence-corrected chi connectivity index (χ2v) is 3.59. The maximum absolute atomic E-state index is 10.7. The molecule has 1 rings (SSSR count). The Bertz CT molecular complexity index is 455. The molecule has 0 bridgehead atoms. The Labute approximate surface area is 97.7 Å². The summed E-state index contributed by atoms with van der Waals surface area (Å²) in [5, 5.41) is 11.1. The molecule has 0 aromatic heterocycles. The molecule has 0 fully saturated rings. The van der Waals surface area contributed by atoms with Gasteiger partial charge in [0, 0.05) is 11.1 Å². The van der Waals surface area contributed by atoms with Gasteiger partial charge >= 0.3 is 0 Å². The third-order valence-electron chi connectivity index (χ3n) is 2.09. The third-order valence-corrected chi connectivity index (χ3v) is 2.32. The van der Waals surface area contributed by atoms with E-state index in [9.17, 15) is 14.9 Å². The van der Waals surface area contributed by atoms with E-state index in [0.29, 0.717) is 28.9 Å². The van der Waals surface area contributed by atoms with Gasteiger partial charge in [-0.05, 0) is 30.2 Å². The zero-order valence-electron chi connectivity index (χ0n) is 8.64. The van der Waals surface area contributed by atoms with Crippen LogP contribution in [0.5, 0.6) is 0 Å². The van der Waals surface area contributed by atoms with Gasteiger partial charge in [0.1, 0.15) is 6.29 Å². The number of benzene rings is 1. The highest BCUT2D eigenvalue weighted by Gasteiger charge is 2.12. The number of nitrogens with zero attached hydrogens (tertiary/aromatic N) is 1. The van der Waals surface area contributed by atoms with Crippen LogP contribution in [0.1, 0.15) is 18.9 Å². The van der Waals surface area contributed by atoms with Gasteiger partial charge in [0.15, 0.2) is 0 Å². The SMILES string of the molecule is CC/C(C=O)=C/c1cc(Cl)ccc1[N+](=O)[O-]. The molecule has 0 radical (unpaired) electrons. The first-order valence-corrected chi connectivity index (χ1v) is 5.06. The summed E-state index contributed by atoms with van der Waals surface area (Å²) in [6.45, 7) is 1.80. The summed E-state index contributed by atoms with van der Waals surface area (Å²) in [5.41, 5.74) is 0.781. The number of rotatable bonds is 4. The Morgan fingerprint density at radius 2 is 2.25 bits per heavy atom. The van der Waals surface area contributed by atoms with Gasteiger partial charge < -0.3 is 0 Å². The summed E-state index contributed by atoms with van der Waals surface area (Å²) in [4.78, 5) is 20.9. The van der Waals surface area contributed by atoms with Crippen LogP contribution in [0.4, 0.5) is 5.69 Å². The molecular weight excluding hydrogens is 230 g/mol. The smallest absolute Gasteiger partial charge is 0.276 e. The van der Waals surface area contributed by atoms with Crippen LogP contribution in [0.15, 0.2) is 23.8 Å². The molecule has 0 saturated carbocycles. The highest BCUT2D eigenvalue weighted by Crippen LogP contribution is 2.25. The molecule has 0 saturated heterocycles. The Balaban J connectivity index is 3.30. The van der Waals surface area contributed by atoms with Crippen molar-refractivity contribution >= 4 is 29.7 Å². The summed E-state index contributed by atoms with van der Waals surface area (Å²) in [5.74, 6) is 0. The van der Waals surface area contributed by atoms with Crippen molar-refractivity contribution in [3.05, 3.63) is 44.5 Å². The van der Waals surface area contributed by atoms with E-state index >= 15 is 0 Å². The van der Waals surface area contributed by atoms with E-state index < -0.39 is 4.92 Å². The summed E-state index contributed by atoms with van der Waals surface area (Å²) in [6, 6.07) is 4.24. The number of hydrogen-bond donors (Lipinski definition) is 0. The van der Waals surface area contributed by atoms with E-state index in [1.807, 2.05) is 0 Å². The van der Waals surface area contributed by atoms with Crippen LogP contribution in [0.3, 0.4) is 0 Å². The van der Waals surface area contributed by atoms with E-state index in [2.05, 4.69) is 0 Å². The summed E-state index contributed by atoms with van der Waals surface area (Å²) >= 11 is 5.75. The monoisotopic (exact) mass is 239 g/mol. The second kappa shape index (κ2) is 5.42. The minimum Gasteiger partial charge on any atom is -0.298 e. The lowest BCUT2D eigenvalue weighted by Crippen LogP contribution is -1.92. The fraction of sp³-hybridized carbons (Fsp3) is 0.182. The summed E-state index contributed by atoms with van der Waals surface area (Å²) < 4.78 is 0. The molecule has 0 unspecified atom stereocenters. The van der Waals surface area contributed by atoms with Crippen molar-refractivity contribution in [3.8, 4) is 0 Å². The van der Waals surface area contributed by atoms with Gasteiger partial charge in [-0.2, -0.15) is 0 Å². The van der Waals surface area contributed by atoms with Crippen LogP contribution < -0.4 is 0 Å². The predicted molar refractivity (Wildman–Crippen MR) is 62.4 cm³/mol. The van der Waals surface area contributed by atoms with Gasteiger partial charge in [0.2, 0.25) is 0 Å². The average Bonchev–Trinajstić information content (AvgIpc) is 2.25. The quantitative estimate of drug-likeness (QED) is 0.351. The Hall–Kier alpha value is -1.68. The molecule has 5 heteroatoms. The van der Waals surface area contributed by atoms with Gasteiger partial charge in [-0.1, -0.05) is 18.5 Å². The lowest BCUT2D eigenvalue weighted by Gasteiger charge is -1.99. The molecule has 0 aliphatic carbocycles. The largest absolute Gasteiger partial charge is 0.298 e. The number of hydrogen-bond acceptors (Lipinski definition) is 3. The van der Waals surface area contributed by atoms with Crippen molar-refractivity contribution in [2.24, 2.45) is 0 Å². The molecule has 0 atom stereocenters. The van der Waals surface area contributed by atoms with E-state index in [1.165, 1.54) is 24.3 Å². The van der Waals surface area contributed by atoms with Crippen molar-refractivity contribution < 1.29 is 9.72 Å². The Morgan fingerprint density at radius 1 is 1.56 bits per heavy atom. The summed E-state index contributed by atoms with van der Waals surface area (Å²) in [7, 11) is 0. The van der Waals surface area contributed by atoms with Crippen LogP contribution in [0.25, 0.3) is 6.08 Å². The normalized spacial score (nSPS) is 11.2. The Kier molecular flexibility index (Phi) is 4.19. The topological polar surface area (TPSA) is 60.2 Å². The maximum atomic E-state index is 10.7. The molecule has 0 heterocycles. The fourth-order valence-corrected chi connectivity index (χ4v) is 1.41. The number of carbonyl (C=O) groups excluding carboxylic acids is 1. The number of allylic oxidation sites excluding steroid dienone is 1. The molecule has 0 amide bonds. The van der Waals surface area contributed by atoms with Crippen LogP contribution in [-0.4, -0.2) is 11.2 Å². The number of halogens is 1. The van der Waals surface area contributed by atoms with Gasteiger partial charge in [-0.3, -0.25) is 14.9 Å². The molecule has 0 spiro atoms. The summed E-state index contributed by atoms with van der Waals surface area (Å²) in [6.07, 6.45) is 2.69. The van der Waals surface area contributed by atoms with Crippen LogP contribution >= 0.6 is 11.6 Å². The number of carbonyl (C=O) groups is 1. The molecule has 16 heavy (non-hydrogen) atoms. The molecule has 0 aliphatic rings. The van der Waals surface area contributed by atoms with Crippen molar-refractivity contribution in [2.45, 2.75) is 13.3 Å². The molecular formula is C11H10ClNO3. The zero-order valence-corrected chi connectivity index (χ0v) is 9.40. The highest BCUT2D eigenvalue weighted by molar-refractivity contribution is 6.30. The number of aldehydes is 1. The van der Waals surface area contributed by atoms with Gasteiger partial charge in [0.05, 0.1) is 10.5 Å². The minimum absolute atomic E-state index is 0.0581. The molecule has 0 N–H and O–H groups in total. The molecule has 1 aromatic carbocycles. The Morgan fingerprint density at radius 3 is 2.75 bits per heavy atom. The van der Waals surface area contributed by atoms with E-state index in [0.717, 1.165) is 0 Å². The van der Waals surface area contributed by atoms with E-state index in [-0.39, 0.29) is 5.69 Å². The molecule has 0 aliphatic heterocycles. The van der Waals surface area contributed by atoms with Crippen molar-refractivity contribution in [3.63, 3.8) is 0 Å². The van der Waals surface area contributed by atoms with Gasteiger partial charge in [-0.25, -0.2) is 0 Å². The lowest BCUT2D eigenvalue weighted by molar-refractivity contribution is -0.385. The molecule has 4 nitrogen and oxygen atoms in total. The van der Waals surface area contributed by atoms with Crippen LogP contribution in [-0.2, 0) is 4.79 Å². The second-order valence-electron chi connectivity index (χ2n) is 3.15. The zero-order chi connectivity index (χ0) is 12.1. The fourth-order valence-electron chi connectivity index (χ4n) is 1.23. The lowest BCUT2D eigenvalue weighted by atomic mass is 10.1. The number of nitro groups is 1. The van der Waals surface area contributed by atoms with Crippen LogP contribution in [0.2, 0.25) is 5.02 Å². The van der Waals surface area contributed by atoms with Crippen molar-refractivity contribution in [1.82, 2.24) is 0 Å². The van der Waals surface area contributed by atoms with Crippen LogP contribution in [0, 0.1) is 10.1 Å². The standard InChI is InChI=1S/C11H10ClNO3/c1-2-8(7-14)5-9-6-10(12)3-4-11(9)13(15)16/h3-7H,2H2,1H3/b8-5-. The van der Waals surface area contributed by atoms with E-state index in [1.54, 1.807) is 6.92 Å². The first-order valence-electron chi connectivity index (χ1n) is 4.68. The number of nitro benzene ring substituents is 1. The first kappa shape index (κ1) is 12.4. The van der Waals surface area contributed by atoms with E-state index in [4.69, 9.17) is 11.6 Å². The minimum atomic E-state index is -0.500. The first-order chi connectivity index (χ1) is 7.58. The highest BCUT2D eigenvalue weighted by atomic mass is 35.5. The van der Waals surface area contributed by atoms with Crippen molar-refractivity contribution in [2.75, 3.05) is 0 Å². The third kappa shape index (κ3) is 2.90. The van der Waals surface area contributed by atoms with Gasteiger partial charge in [0.25, 0.3) is 5.69 Å². The van der Waals surface area contributed by atoms with Gasteiger partial charge in [-0.15, -0.1) is 0 Å². The maximum Gasteiger partial charge on any atom is 0.276 e.